The van der Waals surface area contributed by atoms with E-state index in [1.807, 2.05) is 6.08 Å². The van der Waals surface area contributed by atoms with Gasteiger partial charge >= 0.3 is 0 Å². The molecule has 0 aliphatic carbocycles. The van der Waals surface area contributed by atoms with Crippen molar-refractivity contribution >= 4 is 5.91 Å². The first-order valence-electron chi connectivity index (χ1n) is 22.4. The molecular weight excluding hydrogens is 687 g/mol. The van der Waals surface area contributed by atoms with Crippen LogP contribution >= 0.6 is 0 Å². The van der Waals surface area contributed by atoms with Gasteiger partial charge in [-0.3, -0.25) is 4.79 Å². The molecule has 56 heavy (non-hydrogen) atoms. The summed E-state index contributed by atoms with van der Waals surface area (Å²) in [5.74, 6) is -0.0878. The number of allylic oxidation sites excluding steroid dienone is 21. The molecule has 2 unspecified atom stereocenters. The fraction of sp³-hybridized carbons (Fsp3) is 0.558. The van der Waals surface area contributed by atoms with Crippen LogP contribution < -0.4 is 5.32 Å². The summed E-state index contributed by atoms with van der Waals surface area (Å²) in [5.41, 5.74) is 0. The first kappa shape index (κ1) is 52.5. The lowest BCUT2D eigenvalue weighted by Gasteiger charge is -2.20. The van der Waals surface area contributed by atoms with Gasteiger partial charge < -0.3 is 15.5 Å². The second-order valence-corrected chi connectivity index (χ2v) is 14.4. The van der Waals surface area contributed by atoms with Gasteiger partial charge in [-0.15, -0.1) is 0 Å². The molecule has 3 N–H and O–H groups in total. The zero-order valence-corrected chi connectivity index (χ0v) is 35.8. The minimum Gasteiger partial charge on any atom is -0.394 e. The maximum Gasteiger partial charge on any atom is 0.220 e. The number of amides is 1. The summed E-state index contributed by atoms with van der Waals surface area (Å²) < 4.78 is 0. The highest BCUT2D eigenvalue weighted by atomic mass is 16.3. The van der Waals surface area contributed by atoms with E-state index in [1.165, 1.54) is 38.5 Å². The number of aliphatic hydroxyl groups excluding tert-OH is 2. The Labute approximate surface area is 345 Å². The van der Waals surface area contributed by atoms with Gasteiger partial charge in [0.25, 0.3) is 0 Å². The molecule has 314 valence electrons. The Balaban J connectivity index is 3.63. The fourth-order valence-electron chi connectivity index (χ4n) is 5.73. The van der Waals surface area contributed by atoms with E-state index in [0.717, 1.165) is 109 Å². The van der Waals surface area contributed by atoms with Crippen LogP contribution in [0.1, 0.15) is 168 Å². The number of nitrogens with one attached hydrogen (secondary N) is 1. The van der Waals surface area contributed by atoms with Crippen molar-refractivity contribution in [1.29, 1.82) is 0 Å². The van der Waals surface area contributed by atoms with Crippen LogP contribution in [0.3, 0.4) is 0 Å². The monoisotopic (exact) mass is 770 g/mol. The number of rotatable bonds is 38. The van der Waals surface area contributed by atoms with Gasteiger partial charge in [0.15, 0.2) is 0 Å². The van der Waals surface area contributed by atoms with Gasteiger partial charge in [0.05, 0.1) is 18.8 Å². The van der Waals surface area contributed by atoms with Crippen LogP contribution in [0.4, 0.5) is 0 Å². The molecule has 0 aliphatic heterocycles. The molecule has 0 saturated carbocycles. The predicted molar refractivity (Wildman–Crippen MR) is 248 cm³/mol. The van der Waals surface area contributed by atoms with Crippen molar-refractivity contribution in [1.82, 2.24) is 5.32 Å². The summed E-state index contributed by atoms with van der Waals surface area (Å²) in [4.78, 5) is 12.2. The molecule has 4 nitrogen and oxygen atoms in total. The second kappa shape index (κ2) is 45.9. The van der Waals surface area contributed by atoms with E-state index in [-0.39, 0.29) is 12.5 Å². The van der Waals surface area contributed by atoms with E-state index in [2.05, 4.69) is 141 Å². The molecule has 0 saturated heterocycles. The molecule has 1 amide bonds. The summed E-state index contributed by atoms with van der Waals surface area (Å²) in [6.07, 6.45) is 73.1. The van der Waals surface area contributed by atoms with E-state index < -0.39 is 12.1 Å². The van der Waals surface area contributed by atoms with Gasteiger partial charge in [0.2, 0.25) is 5.91 Å². The third kappa shape index (κ3) is 41.7. The van der Waals surface area contributed by atoms with E-state index >= 15 is 0 Å². The third-order valence-electron chi connectivity index (χ3n) is 9.14. The maximum absolute atomic E-state index is 12.2. The molecule has 0 aromatic carbocycles. The molecule has 0 rings (SSSR count). The second-order valence-electron chi connectivity index (χ2n) is 14.4. The molecule has 0 aromatic rings. The Bertz CT molecular complexity index is 1190. The molecule has 0 spiro atoms. The summed E-state index contributed by atoms with van der Waals surface area (Å²) in [6.45, 7) is 4.06. The van der Waals surface area contributed by atoms with E-state index in [9.17, 15) is 15.0 Å². The minimum atomic E-state index is -0.847. The summed E-state index contributed by atoms with van der Waals surface area (Å²) in [5, 5.41) is 22.6. The highest BCUT2D eigenvalue weighted by molar-refractivity contribution is 5.76. The lowest BCUT2D eigenvalue weighted by molar-refractivity contribution is -0.123. The van der Waals surface area contributed by atoms with E-state index in [4.69, 9.17) is 0 Å². The van der Waals surface area contributed by atoms with Gasteiger partial charge in [-0.25, -0.2) is 0 Å². The first-order valence-corrected chi connectivity index (χ1v) is 22.4. The molecule has 2 atom stereocenters. The summed E-state index contributed by atoms with van der Waals surface area (Å²) >= 11 is 0. The van der Waals surface area contributed by atoms with Crippen LogP contribution in [0.25, 0.3) is 0 Å². The summed E-state index contributed by atoms with van der Waals surface area (Å²) in [7, 11) is 0. The van der Waals surface area contributed by atoms with Gasteiger partial charge in [-0.05, 0) is 96.3 Å². The number of aliphatic hydroxyl groups is 2. The third-order valence-corrected chi connectivity index (χ3v) is 9.14. The molecule has 0 bridgehead atoms. The average Bonchev–Trinajstić information content (AvgIpc) is 3.20. The SMILES string of the molecule is CC/C=C\C/C=C\C/C=C\C/C=C\C/C=C\C/C=C\C/C=C\C/C=C\C/C=C\C/C=C\CCCCCCCCCCC(=O)NC(CO)C(O)/C=C/CCCCC. The molecule has 0 fully saturated rings. The largest absolute Gasteiger partial charge is 0.394 e. The highest BCUT2D eigenvalue weighted by Gasteiger charge is 2.17. The number of carbonyl (C=O) groups is 1. The van der Waals surface area contributed by atoms with Gasteiger partial charge in [0, 0.05) is 6.42 Å². The van der Waals surface area contributed by atoms with Crippen molar-refractivity contribution in [3.05, 3.63) is 134 Å². The topological polar surface area (TPSA) is 69.6 Å². The number of hydrogen-bond acceptors (Lipinski definition) is 3. The normalized spacial score (nSPS) is 14.3. The van der Waals surface area contributed by atoms with Crippen LogP contribution in [0.2, 0.25) is 0 Å². The van der Waals surface area contributed by atoms with Crippen molar-refractivity contribution in [3.63, 3.8) is 0 Å². The minimum absolute atomic E-state index is 0.0878. The predicted octanol–water partition coefficient (Wildman–Crippen LogP) is 14.3. The molecule has 0 aliphatic rings. The van der Waals surface area contributed by atoms with Crippen LogP contribution in [-0.2, 0) is 4.79 Å². The van der Waals surface area contributed by atoms with Crippen LogP contribution in [0, 0.1) is 0 Å². The fourth-order valence-corrected chi connectivity index (χ4v) is 5.73. The van der Waals surface area contributed by atoms with Gasteiger partial charge in [-0.2, -0.15) is 0 Å². The Hall–Kier alpha value is -3.47. The first-order chi connectivity index (χ1) is 27.7. The Morgan fingerprint density at radius 2 is 0.786 bits per heavy atom. The number of hydrogen-bond donors (Lipinski definition) is 3. The molecule has 0 aromatic heterocycles. The molecule has 0 heterocycles. The van der Waals surface area contributed by atoms with E-state index in [0.29, 0.717) is 6.42 Å². The van der Waals surface area contributed by atoms with Gasteiger partial charge in [0.1, 0.15) is 0 Å². The smallest absolute Gasteiger partial charge is 0.220 e. The van der Waals surface area contributed by atoms with Crippen LogP contribution in [0.15, 0.2) is 134 Å². The summed E-state index contributed by atoms with van der Waals surface area (Å²) in [6, 6.07) is -0.631. The standard InChI is InChI=1S/C52H83NO3/c1-3-5-7-9-10-11-12-13-14-15-16-17-18-19-20-21-22-23-24-25-26-27-28-29-30-31-32-33-34-35-36-37-38-39-40-41-42-44-46-48-52(56)53-50(49-54)51(55)47-45-43-8-6-4-2/h5,7,10-11,13-14,16-17,19-20,22-23,25-26,28-29,31-32,34-35,45,47,50-51,54-55H,3-4,6,8-9,12,15,18,21,24,27,30,33,36-44,46,48-49H2,1-2H3,(H,53,56)/b7-5-,11-10-,14-13-,17-16-,20-19-,23-22-,26-25-,29-28-,32-31-,35-34-,47-45+. The average molecular weight is 770 g/mol. The Morgan fingerprint density at radius 1 is 0.446 bits per heavy atom. The van der Waals surface area contributed by atoms with Crippen molar-refractivity contribution in [2.24, 2.45) is 0 Å². The van der Waals surface area contributed by atoms with Crippen LogP contribution in [0.5, 0.6) is 0 Å². The molecule has 4 heteroatoms. The quantitative estimate of drug-likeness (QED) is 0.0433. The number of unbranched alkanes of at least 4 members (excludes halogenated alkanes) is 11. The van der Waals surface area contributed by atoms with Crippen molar-refractivity contribution < 1.29 is 15.0 Å². The Kier molecular flexibility index (Phi) is 43.1. The van der Waals surface area contributed by atoms with Crippen molar-refractivity contribution in [3.8, 4) is 0 Å². The molecular formula is C52H83NO3. The lowest BCUT2D eigenvalue weighted by atomic mass is 10.1. The zero-order chi connectivity index (χ0) is 40.7. The Morgan fingerprint density at radius 3 is 1.18 bits per heavy atom. The number of carbonyl (C=O) groups excluding carboxylic acids is 1. The van der Waals surface area contributed by atoms with E-state index in [1.54, 1.807) is 6.08 Å². The van der Waals surface area contributed by atoms with Gasteiger partial charge in [-0.1, -0.05) is 199 Å². The highest BCUT2D eigenvalue weighted by Crippen LogP contribution is 2.12. The van der Waals surface area contributed by atoms with Crippen LogP contribution in [-0.4, -0.2) is 34.9 Å². The van der Waals surface area contributed by atoms with Crippen molar-refractivity contribution in [2.75, 3.05) is 6.61 Å². The molecule has 0 radical (unpaired) electrons. The zero-order valence-electron chi connectivity index (χ0n) is 35.8. The lowest BCUT2D eigenvalue weighted by Crippen LogP contribution is -2.45. The maximum atomic E-state index is 12.2. The van der Waals surface area contributed by atoms with Crippen molar-refractivity contribution in [2.45, 2.75) is 180 Å².